The van der Waals surface area contributed by atoms with Crippen LogP contribution in [0.2, 0.25) is 0 Å². The Bertz CT molecular complexity index is 272. The van der Waals surface area contributed by atoms with Crippen molar-refractivity contribution >= 4 is 0 Å². The quantitative estimate of drug-likeness (QED) is 0.531. The Balaban J connectivity index is 4.51. The van der Waals surface area contributed by atoms with Crippen LogP contribution in [0.4, 0.5) is 0 Å². The van der Waals surface area contributed by atoms with Crippen molar-refractivity contribution in [1.82, 2.24) is 0 Å². The normalized spacial score (nSPS) is 12.5. The van der Waals surface area contributed by atoms with Gasteiger partial charge in [-0.15, -0.1) is 0 Å². The Labute approximate surface area is 80.1 Å². The van der Waals surface area contributed by atoms with E-state index in [1.54, 1.807) is 7.11 Å². The lowest BCUT2D eigenvalue weighted by Gasteiger charge is -2.02. The van der Waals surface area contributed by atoms with Crippen molar-refractivity contribution < 1.29 is 4.74 Å². The zero-order valence-electron chi connectivity index (χ0n) is 8.55. The standard InChI is InChI=1S/C11H17NO/c1-8(10(3)12)6-7-9(2)11(4)13-5/h6-7H,3-4,12H2,1-2,5H3/b8-6+,9-7+. The minimum absolute atomic E-state index is 0.576. The van der Waals surface area contributed by atoms with Gasteiger partial charge >= 0.3 is 0 Å². The molecule has 0 saturated heterocycles. The lowest BCUT2D eigenvalue weighted by atomic mass is 10.2. The van der Waals surface area contributed by atoms with E-state index in [0.29, 0.717) is 11.5 Å². The van der Waals surface area contributed by atoms with Gasteiger partial charge in [-0.3, -0.25) is 0 Å². The number of allylic oxidation sites excluding steroid dienone is 4. The SMILES string of the molecule is C=C(N)/C(C)=C/C=C(\C)C(=C)OC. The lowest BCUT2D eigenvalue weighted by molar-refractivity contribution is 0.303. The highest BCUT2D eigenvalue weighted by molar-refractivity contribution is 5.32. The third-order valence-electron chi connectivity index (χ3n) is 1.78. The van der Waals surface area contributed by atoms with Gasteiger partial charge in [0.15, 0.2) is 0 Å². The zero-order chi connectivity index (χ0) is 10.4. The fourth-order valence-corrected chi connectivity index (χ4v) is 0.611. The van der Waals surface area contributed by atoms with Crippen molar-refractivity contribution in [2.24, 2.45) is 5.73 Å². The minimum Gasteiger partial charge on any atom is -0.497 e. The molecular formula is C11H17NO. The summed E-state index contributed by atoms with van der Waals surface area (Å²) in [4.78, 5) is 0. The van der Waals surface area contributed by atoms with Crippen LogP contribution in [0.3, 0.4) is 0 Å². The number of nitrogens with two attached hydrogens (primary N) is 1. The second-order valence-electron chi connectivity index (χ2n) is 2.85. The number of ether oxygens (including phenoxy) is 1. The van der Waals surface area contributed by atoms with Gasteiger partial charge in [-0.25, -0.2) is 0 Å². The van der Waals surface area contributed by atoms with Gasteiger partial charge in [0, 0.05) is 5.70 Å². The highest BCUT2D eigenvalue weighted by Gasteiger charge is 1.93. The molecule has 0 aliphatic rings. The monoisotopic (exact) mass is 179 g/mol. The molecule has 2 nitrogen and oxygen atoms in total. The van der Waals surface area contributed by atoms with Gasteiger partial charge in [-0.2, -0.15) is 0 Å². The van der Waals surface area contributed by atoms with Gasteiger partial charge in [-0.1, -0.05) is 25.3 Å². The molecule has 2 heteroatoms. The fraction of sp³-hybridized carbons (Fsp3) is 0.273. The average Bonchev–Trinajstić information content (AvgIpc) is 2.11. The summed E-state index contributed by atoms with van der Waals surface area (Å²) in [5.74, 6) is 0.659. The summed E-state index contributed by atoms with van der Waals surface area (Å²) < 4.78 is 4.96. The Morgan fingerprint density at radius 2 is 1.62 bits per heavy atom. The van der Waals surface area contributed by atoms with E-state index in [1.807, 2.05) is 26.0 Å². The van der Waals surface area contributed by atoms with Crippen LogP contribution >= 0.6 is 0 Å². The Morgan fingerprint density at radius 1 is 1.15 bits per heavy atom. The highest BCUT2D eigenvalue weighted by atomic mass is 16.5. The third kappa shape index (κ3) is 4.21. The molecule has 0 saturated carbocycles. The van der Waals surface area contributed by atoms with Gasteiger partial charge < -0.3 is 10.5 Å². The highest BCUT2D eigenvalue weighted by Crippen LogP contribution is 2.08. The van der Waals surface area contributed by atoms with Crippen molar-refractivity contribution in [2.75, 3.05) is 7.11 Å². The van der Waals surface area contributed by atoms with Crippen LogP contribution in [0.5, 0.6) is 0 Å². The van der Waals surface area contributed by atoms with Crippen LogP contribution in [-0.4, -0.2) is 7.11 Å². The molecule has 2 N–H and O–H groups in total. The number of methoxy groups -OCH3 is 1. The largest absolute Gasteiger partial charge is 0.497 e. The molecule has 0 aromatic carbocycles. The number of rotatable bonds is 4. The molecule has 0 aromatic rings. The fourth-order valence-electron chi connectivity index (χ4n) is 0.611. The molecule has 0 aliphatic carbocycles. The topological polar surface area (TPSA) is 35.2 Å². The molecule has 13 heavy (non-hydrogen) atoms. The first-order valence-corrected chi connectivity index (χ1v) is 4.02. The van der Waals surface area contributed by atoms with E-state index >= 15 is 0 Å². The minimum atomic E-state index is 0.576. The summed E-state index contributed by atoms with van der Waals surface area (Å²) >= 11 is 0. The number of hydrogen-bond donors (Lipinski definition) is 1. The third-order valence-corrected chi connectivity index (χ3v) is 1.78. The molecule has 0 atom stereocenters. The van der Waals surface area contributed by atoms with Crippen molar-refractivity contribution in [3.8, 4) is 0 Å². The Kier molecular flexibility index (Phi) is 4.67. The molecule has 0 heterocycles. The van der Waals surface area contributed by atoms with Crippen molar-refractivity contribution in [3.63, 3.8) is 0 Å². The second-order valence-corrected chi connectivity index (χ2v) is 2.85. The zero-order valence-corrected chi connectivity index (χ0v) is 8.55. The molecule has 0 unspecified atom stereocenters. The molecule has 0 rings (SSSR count). The Hall–Kier alpha value is -1.44. The lowest BCUT2D eigenvalue weighted by Crippen LogP contribution is -1.95. The maximum absolute atomic E-state index is 5.49. The van der Waals surface area contributed by atoms with Gasteiger partial charge in [0.05, 0.1) is 7.11 Å². The molecule has 0 aromatic heterocycles. The average molecular weight is 179 g/mol. The van der Waals surface area contributed by atoms with Crippen molar-refractivity contribution in [2.45, 2.75) is 13.8 Å². The number of hydrogen-bond acceptors (Lipinski definition) is 2. The molecule has 0 bridgehead atoms. The summed E-state index contributed by atoms with van der Waals surface area (Å²) in [5, 5.41) is 0. The molecular weight excluding hydrogens is 162 g/mol. The van der Waals surface area contributed by atoms with Crippen LogP contribution in [0.25, 0.3) is 0 Å². The first kappa shape index (κ1) is 11.6. The van der Waals surface area contributed by atoms with E-state index in [0.717, 1.165) is 11.1 Å². The first-order chi connectivity index (χ1) is 5.99. The summed E-state index contributed by atoms with van der Waals surface area (Å²) in [6.45, 7) is 11.2. The summed E-state index contributed by atoms with van der Waals surface area (Å²) in [5.41, 5.74) is 7.98. The first-order valence-electron chi connectivity index (χ1n) is 4.02. The maximum Gasteiger partial charge on any atom is 0.114 e. The maximum atomic E-state index is 5.49. The van der Waals surface area contributed by atoms with E-state index < -0.39 is 0 Å². The van der Waals surface area contributed by atoms with Crippen LogP contribution in [0.15, 0.2) is 47.9 Å². The second kappa shape index (κ2) is 5.25. The molecule has 72 valence electrons. The smallest absolute Gasteiger partial charge is 0.114 e. The van der Waals surface area contributed by atoms with Crippen LogP contribution in [-0.2, 0) is 4.74 Å². The Morgan fingerprint density at radius 3 is 2.00 bits per heavy atom. The van der Waals surface area contributed by atoms with Crippen molar-refractivity contribution in [1.29, 1.82) is 0 Å². The van der Waals surface area contributed by atoms with Gasteiger partial charge in [0.1, 0.15) is 5.76 Å². The van der Waals surface area contributed by atoms with E-state index in [2.05, 4.69) is 13.2 Å². The van der Waals surface area contributed by atoms with E-state index in [4.69, 9.17) is 10.5 Å². The summed E-state index contributed by atoms with van der Waals surface area (Å²) in [6, 6.07) is 0. The van der Waals surface area contributed by atoms with E-state index in [-0.39, 0.29) is 0 Å². The molecule has 0 aliphatic heterocycles. The predicted molar refractivity (Wildman–Crippen MR) is 57.0 cm³/mol. The van der Waals surface area contributed by atoms with Crippen LogP contribution in [0, 0.1) is 0 Å². The van der Waals surface area contributed by atoms with E-state index in [1.165, 1.54) is 0 Å². The van der Waals surface area contributed by atoms with Gasteiger partial charge in [0.25, 0.3) is 0 Å². The predicted octanol–water partition coefficient (Wildman–Crippen LogP) is 2.51. The molecule has 0 radical (unpaired) electrons. The summed E-state index contributed by atoms with van der Waals surface area (Å²) in [6.07, 6.45) is 3.79. The van der Waals surface area contributed by atoms with Gasteiger partial charge in [-0.05, 0) is 25.0 Å². The molecule has 0 amide bonds. The van der Waals surface area contributed by atoms with Gasteiger partial charge in [0.2, 0.25) is 0 Å². The van der Waals surface area contributed by atoms with Crippen LogP contribution < -0.4 is 5.73 Å². The summed E-state index contributed by atoms with van der Waals surface area (Å²) in [7, 11) is 1.60. The van der Waals surface area contributed by atoms with Crippen molar-refractivity contribution in [3.05, 3.63) is 47.9 Å². The van der Waals surface area contributed by atoms with Crippen LogP contribution in [0.1, 0.15) is 13.8 Å². The van der Waals surface area contributed by atoms with E-state index in [9.17, 15) is 0 Å². The molecule has 0 spiro atoms. The molecule has 0 fully saturated rings.